The summed E-state index contributed by atoms with van der Waals surface area (Å²) in [5.41, 5.74) is 3.85. The Hall–Kier alpha value is -3.93. The van der Waals surface area contributed by atoms with Gasteiger partial charge in [0.15, 0.2) is 0 Å². The summed E-state index contributed by atoms with van der Waals surface area (Å²) in [4.78, 5) is 41.3. The van der Waals surface area contributed by atoms with Crippen molar-refractivity contribution in [3.63, 3.8) is 0 Å². The zero-order chi connectivity index (χ0) is 22.7. The Morgan fingerprint density at radius 1 is 0.938 bits per heavy atom. The highest BCUT2D eigenvalue weighted by molar-refractivity contribution is 6.06. The van der Waals surface area contributed by atoms with E-state index in [1.807, 2.05) is 61.5 Å². The SMILES string of the molecule is C[C@@H]1CC(=O)Nc2ccccc2N1C(=O)CN(C)C(=O)c1ccc(-c2ccccc2)cc1. The predicted molar refractivity (Wildman–Crippen MR) is 125 cm³/mol. The average molecular weight is 428 g/mol. The van der Waals surface area contributed by atoms with Crippen LogP contribution in [0.2, 0.25) is 0 Å². The summed E-state index contributed by atoms with van der Waals surface area (Å²) in [6.07, 6.45) is 0.193. The number of amides is 3. The molecule has 0 saturated carbocycles. The van der Waals surface area contributed by atoms with E-state index in [1.54, 1.807) is 36.2 Å². The number of likely N-dealkylation sites (N-methyl/N-ethyl adjacent to an activating group) is 1. The largest absolute Gasteiger partial charge is 0.332 e. The second-order valence-electron chi connectivity index (χ2n) is 7.99. The molecule has 3 aromatic rings. The van der Waals surface area contributed by atoms with Gasteiger partial charge in [-0.1, -0.05) is 54.6 Å². The number of para-hydroxylation sites is 2. The molecule has 6 nitrogen and oxygen atoms in total. The van der Waals surface area contributed by atoms with Gasteiger partial charge in [-0.2, -0.15) is 0 Å². The van der Waals surface area contributed by atoms with E-state index in [1.165, 1.54) is 4.90 Å². The molecule has 0 saturated heterocycles. The van der Waals surface area contributed by atoms with E-state index in [0.717, 1.165) is 11.1 Å². The van der Waals surface area contributed by atoms with Crippen LogP contribution >= 0.6 is 0 Å². The number of benzene rings is 3. The van der Waals surface area contributed by atoms with Gasteiger partial charge in [-0.25, -0.2) is 0 Å². The number of hydrogen-bond acceptors (Lipinski definition) is 3. The van der Waals surface area contributed by atoms with E-state index in [9.17, 15) is 14.4 Å². The molecule has 4 rings (SSSR count). The summed E-state index contributed by atoms with van der Waals surface area (Å²) in [6.45, 7) is 1.75. The minimum Gasteiger partial charge on any atom is -0.332 e. The third-order valence-electron chi connectivity index (χ3n) is 5.59. The van der Waals surface area contributed by atoms with Crippen molar-refractivity contribution in [3.8, 4) is 11.1 Å². The lowest BCUT2D eigenvalue weighted by atomic mass is 10.0. The van der Waals surface area contributed by atoms with Crippen LogP contribution in [0.4, 0.5) is 11.4 Å². The lowest BCUT2D eigenvalue weighted by Gasteiger charge is -2.29. The Morgan fingerprint density at radius 3 is 2.28 bits per heavy atom. The van der Waals surface area contributed by atoms with Gasteiger partial charge >= 0.3 is 0 Å². The molecule has 162 valence electrons. The first-order chi connectivity index (χ1) is 15.4. The van der Waals surface area contributed by atoms with Crippen LogP contribution < -0.4 is 10.2 Å². The molecule has 1 N–H and O–H groups in total. The number of hydrogen-bond donors (Lipinski definition) is 1. The van der Waals surface area contributed by atoms with Gasteiger partial charge in [0.1, 0.15) is 6.54 Å². The second kappa shape index (κ2) is 9.06. The minimum atomic E-state index is -0.320. The maximum absolute atomic E-state index is 13.2. The van der Waals surface area contributed by atoms with Crippen LogP contribution in [0.25, 0.3) is 11.1 Å². The molecule has 32 heavy (non-hydrogen) atoms. The summed E-state index contributed by atoms with van der Waals surface area (Å²) < 4.78 is 0. The van der Waals surface area contributed by atoms with Gasteiger partial charge in [-0.05, 0) is 42.3 Å². The van der Waals surface area contributed by atoms with Crippen LogP contribution in [0.5, 0.6) is 0 Å². The first-order valence-corrected chi connectivity index (χ1v) is 10.6. The Kier molecular flexibility index (Phi) is 6.03. The normalized spacial score (nSPS) is 15.4. The van der Waals surface area contributed by atoms with Crippen molar-refractivity contribution in [1.82, 2.24) is 4.90 Å². The van der Waals surface area contributed by atoms with E-state index < -0.39 is 0 Å². The third kappa shape index (κ3) is 4.39. The Balaban J connectivity index is 1.50. The van der Waals surface area contributed by atoms with Crippen LogP contribution in [0.15, 0.2) is 78.9 Å². The van der Waals surface area contributed by atoms with Crippen molar-refractivity contribution >= 4 is 29.1 Å². The lowest BCUT2D eigenvalue weighted by Crippen LogP contribution is -2.45. The number of rotatable bonds is 4. The van der Waals surface area contributed by atoms with Crippen molar-refractivity contribution in [2.75, 3.05) is 23.8 Å². The number of carbonyl (C=O) groups excluding carboxylic acids is 3. The molecule has 0 unspecified atom stereocenters. The third-order valence-corrected chi connectivity index (χ3v) is 5.59. The number of nitrogens with zero attached hydrogens (tertiary/aromatic N) is 2. The van der Waals surface area contributed by atoms with Crippen molar-refractivity contribution in [2.45, 2.75) is 19.4 Å². The smallest absolute Gasteiger partial charge is 0.254 e. The van der Waals surface area contributed by atoms with Gasteiger partial charge in [-0.3, -0.25) is 14.4 Å². The molecule has 3 aromatic carbocycles. The average Bonchev–Trinajstić information content (AvgIpc) is 2.93. The standard InChI is InChI=1S/C26H25N3O3/c1-18-16-24(30)27-22-10-6-7-11-23(22)29(18)25(31)17-28(2)26(32)21-14-12-20(13-15-21)19-8-4-3-5-9-19/h3-15,18H,16-17H2,1-2H3,(H,27,30)/t18-/m1/s1. The van der Waals surface area contributed by atoms with E-state index in [-0.39, 0.29) is 36.7 Å². The summed E-state index contributed by atoms with van der Waals surface area (Å²) in [7, 11) is 1.61. The number of nitrogens with one attached hydrogen (secondary N) is 1. The monoisotopic (exact) mass is 427 g/mol. The second-order valence-corrected chi connectivity index (χ2v) is 7.99. The van der Waals surface area contributed by atoms with Crippen molar-refractivity contribution in [3.05, 3.63) is 84.4 Å². The van der Waals surface area contributed by atoms with Crippen LogP contribution in [-0.2, 0) is 9.59 Å². The molecular formula is C26H25N3O3. The van der Waals surface area contributed by atoms with Gasteiger partial charge in [0.05, 0.1) is 11.4 Å². The molecule has 1 aliphatic heterocycles. The lowest BCUT2D eigenvalue weighted by molar-refractivity contribution is -0.119. The quantitative estimate of drug-likeness (QED) is 0.679. The van der Waals surface area contributed by atoms with Gasteiger partial charge in [0.2, 0.25) is 11.8 Å². The molecule has 1 atom stereocenters. The topological polar surface area (TPSA) is 69.7 Å². The Morgan fingerprint density at radius 2 is 1.56 bits per heavy atom. The van der Waals surface area contributed by atoms with Crippen LogP contribution in [0.3, 0.4) is 0 Å². The van der Waals surface area contributed by atoms with Crippen molar-refractivity contribution in [2.24, 2.45) is 0 Å². The molecular weight excluding hydrogens is 402 g/mol. The maximum Gasteiger partial charge on any atom is 0.254 e. The Labute approximate surface area is 187 Å². The van der Waals surface area contributed by atoms with E-state index >= 15 is 0 Å². The zero-order valence-corrected chi connectivity index (χ0v) is 18.1. The first-order valence-electron chi connectivity index (χ1n) is 10.6. The molecule has 3 amide bonds. The molecule has 0 aliphatic carbocycles. The molecule has 0 aromatic heterocycles. The maximum atomic E-state index is 13.2. The fourth-order valence-corrected chi connectivity index (χ4v) is 3.97. The van der Waals surface area contributed by atoms with Crippen molar-refractivity contribution in [1.29, 1.82) is 0 Å². The van der Waals surface area contributed by atoms with Crippen LogP contribution in [-0.4, -0.2) is 42.3 Å². The molecule has 0 spiro atoms. The van der Waals surface area contributed by atoms with E-state index in [4.69, 9.17) is 0 Å². The Bertz CT molecular complexity index is 1140. The first kappa shape index (κ1) is 21.3. The van der Waals surface area contributed by atoms with Crippen LogP contribution in [0, 0.1) is 0 Å². The zero-order valence-electron chi connectivity index (χ0n) is 18.1. The molecule has 1 heterocycles. The molecule has 0 radical (unpaired) electrons. The number of anilines is 2. The van der Waals surface area contributed by atoms with Gasteiger partial charge in [-0.15, -0.1) is 0 Å². The summed E-state index contributed by atoms with van der Waals surface area (Å²) >= 11 is 0. The molecule has 6 heteroatoms. The van der Waals surface area contributed by atoms with Gasteiger partial charge in [0, 0.05) is 25.1 Å². The molecule has 0 fully saturated rings. The summed E-state index contributed by atoms with van der Waals surface area (Å²) in [5.74, 6) is -0.607. The summed E-state index contributed by atoms with van der Waals surface area (Å²) in [6, 6.07) is 24.2. The number of fused-ring (bicyclic) bond motifs is 1. The predicted octanol–water partition coefficient (Wildman–Crippen LogP) is 4.19. The van der Waals surface area contributed by atoms with Gasteiger partial charge in [0.25, 0.3) is 5.91 Å². The fraction of sp³-hybridized carbons (Fsp3) is 0.192. The van der Waals surface area contributed by atoms with Gasteiger partial charge < -0.3 is 15.1 Å². The van der Waals surface area contributed by atoms with E-state index in [2.05, 4.69) is 5.32 Å². The molecule has 0 bridgehead atoms. The van der Waals surface area contributed by atoms with Crippen molar-refractivity contribution < 1.29 is 14.4 Å². The minimum absolute atomic E-state index is 0.0911. The highest BCUT2D eigenvalue weighted by Crippen LogP contribution is 2.31. The summed E-state index contributed by atoms with van der Waals surface area (Å²) in [5, 5.41) is 2.84. The number of carbonyl (C=O) groups is 3. The van der Waals surface area contributed by atoms with E-state index in [0.29, 0.717) is 16.9 Å². The highest BCUT2D eigenvalue weighted by atomic mass is 16.2. The highest BCUT2D eigenvalue weighted by Gasteiger charge is 2.30. The van der Waals surface area contributed by atoms with Crippen LogP contribution in [0.1, 0.15) is 23.7 Å². The fourth-order valence-electron chi connectivity index (χ4n) is 3.97. The molecule has 1 aliphatic rings.